The smallest absolute Gasteiger partial charge is 0.343 e. The number of carbonyl (C=O) groups excluding carboxylic acids is 2. The van der Waals surface area contributed by atoms with Gasteiger partial charge < -0.3 is 4.74 Å². The molecule has 4 heteroatoms. The molecule has 1 fully saturated rings. The largest absolute Gasteiger partial charge is 0.389 e. The third-order valence-electron chi connectivity index (χ3n) is 3.17. The maximum absolute atomic E-state index is 12.0. The van der Waals surface area contributed by atoms with Crippen molar-refractivity contribution in [2.75, 3.05) is 0 Å². The van der Waals surface area contributed by atoms with Gasteiger partial charge in [0.1, 0.15) is 5.92 Å². The van der Waals surface area contributed by atoms with Crippen LogP contribution in [-0.4, -0.2) is 11.9 Å². The van der Waals surface area contributed by atoms with E-state index in [0.717, 1.165) is 20.9 Å². The van der Waals surface area contributed by atoms with E-state index in [-0.39, 0.29) is 0 Å². The van der Waals surface area contributed by atoms with Crippen LogP contribution < -0.4 is 0 Å². The van der Waals surface area contributed by atoms with Crippen molar-refractivity contribution in [3.8, 4) is 0 Å². The zero-order valence-electron chi connectivity index (χ0n) is 11.4. The van der Waals surface area contributed by atoms with Gasteiger partial charge in [-0.25, -0.2) is 4.79 Å². The molecule has 3 nitrogen and oxygen atoms in total. The molecule has 1 aliphatic rings. The molecule has 0 aromatic carbocycles. The minimum Gasteiger partial charge on any atom is -0.389 e. The van der Waals surface area contributed by atoms with Crippen molar-refractivity contribution < 1.29 is 14.3 Å². The second kappa shape index (κ2) is 5.13. The highest BCUT2D eigenvalue weighted by Crippen LogP contribution is 2.39. The highest BCUT2D eigenvalue weighted by molar-refractivity contribution is 7.12. The van der Waals surface area contributed by atoms with Crippen LogP contribution in [0.25, 0.3) is 0 Å². The van der Waals surface area contributed by atoms with Crippen LogP contribution in [0.5, 0.6) is 0 Å². The Bertz CT molecular complexity index is 605. The average molecular weight is 276 g/mol. The highest BCUT2D eigenvalue weighted by Gasteiger charge is 2.42. The van der Waals surface area contributed by atoms with Crippen LogP contribution in [0, 0.1) is 13.8 Å². The van der Waals surface area contributed by atoms with Gasteiger partial charge in [0.05, 0.1) is 5.57 Å². The lowest BCUT2D eigenvalue weighted by atomic mass is 9.90. The van der Waals surface area contributed by atoms with E-state index in [4.69, 9.17) is 4.74 Å². The molecule has 1 atom stereocenters. The number of ether oxygens (including phenoxy) is 1. The number of carbonyl (C=O) groups is 2. The van der Waals surface area contributed by atoms with Crippen LogP contribution in [-0.2, 0) is 14.3 Å². The molecule has 2 rings (SSSR count). The molecule has 0 saturated carbocycles. The number of thiophene rings is 1. The van der Waals surface area contributed by atoms with E-state index in [1.54, 1.807) is 11.3 Å². The predicted octanol–water partition coefficient (Wildman–Crippen LogP) is 3.42. The van der Waals surface area contributed by atoms with E-state index in [2.05, 4.69) is 0 Å². The van der Waals surface area contributed by atoms with Gasteiger partial charge in [0.25, 0.3) is 0 Å². The van der Waals surface area contributed by atoms with Crippen LogP contribution >= 0.6 is 11.3 Å². The Labute approximate surface area is 116 Å². The summed E-state index contributed by atoms with van der Waals surface area (Å²) in [5.74, 6) is -1.56. The second-order valence-electron chi connectivity index (χ2n) is 4.61. The first-order valence-electron chi connectivity index (χ1n) is 6.12. The van der Waals surface area contributed by atoms with Crippen LogP contribution in [0.4, 0.5) is 0 Å². The number of rotatable bonds is 2. The summed E-state index contributed by atoms with van der Waals surface area (Å²) in [5, 5.41) is 0. The Morgan fingerprint density at radius 3 is 2.58 bits per heavy atom. The zero-order chi connectivity index (χ0) is 14.2. The predicted molar refractivity (Wildman–Crippen MR) is 75.1 cm³/mol. The van der Waals surface area contributed by atoms with Crippen molar-refractivity contribution >= 4 is 23.3 Å². The Morgan fingerprint density at radius 2 is 2.05 bits per heavy atom. The molecule has 0 spiro atoms. The van der Waals surface area contributed by atoms with Crippen molar-refractivity contribution in [3.63, 3.8) is 0 Å². The van der Waals surface area contributed by atoms with E-state index in [9.17, 15) is 9.59 Å². The SMILES string of the molecule is CC=CC(C)=C1C(=O)OC(=O)C1c1cc(C)sc1C. The summed E-state index contributed by atoms with van der Waals surface area (Å²) < 4.78 is 4.81. The van der Waals surface area contributed by atoms with Gasteiger partial charge >= 0.3 is 11.9 Å². The number of esters is 2. The van der Waals surface area contributed by atoms with Gasteiger partial charge in [-0.3, -0.25) is 4.79 Å². The van der Waals surface area contributed by atoms with Crippen molar-refractivity contribution in [2.24, 2.45) is 0 Å². The van der Waals surface area contributed by atoms with Crippen LogP contribution in [0.1, 0.15) is 35.1 Å². The quantitative estimate of drug-likeness (QED) is 0.472. The zero-order valence-corrected chi connectivity index (χ0v) is 12.3. The molecule has 19 heavy (non-hydrogen) atoms. The van der Waals surface area contributed by atoms with Gasteiger partial charge in [0, 0.05) is 9.75 Å². The Balaban J connectivity index is 2.59. The van der Waals surface area contributed by atoms with Crippen molar-refractivity contribution in [3.05, 3.63) is 44.7 Å². The molecular formula is C15H16O3S. The fourth-order valence-electron chi connectivity index (χ4n) is 2.39. The topological polar surface area (TPSA) is 43.4 Å². The van der Waals surface area contributed by atoms with E-state index in [1.807, 2.05) is 45.9 Å². The average Bonchev–Trinajstić information content (AvgIpc) is 2.78. The minimum absolute atomic E-state index is 0.462. The molecule has 0 aliphatic carbocycles. The molecule has 1 aliphatic heterocycles. The lowest BCUT2D eigenvalue weighted by Gasteiger charge is -2.08. The minimum atomic E-state index is -0.575. The van der Waals surface area contributed by atoms with Crippen LogP contribution in [0.2, 0.25) is 0 Å². The summed E-state index contributed by atoms with van der Waals surface area (Å²) in [4.78, 5) is 26.0. The summed E-state index contributed by atoms with van der Waals surface area (Å²) in [6, 6.07) is 1.97. The third-order valence-corrected chi connectivity index (χ3v) is 4.15. The number of cyclic esters (lactones) is 2. The van der Waals surface area contributed by atoms with E-state index < -0.39 is 17.9 Å². The van der Waals surface area contributed by atoms with E-state index in [0.29, 0.717) is 5.57 Å². The Kier molecular flexibility index (Phi) is 3.71. The standard InChI is InChI=1S/C15H16O3S/c1-5-6-8(2)12-13(15(17)18-14(12)16)11-7-9(3)19-10(11)4/h5-7,13H,1-4H3. The molecule has 1 unspecified atom stereocenters. The summed E-state index contributed by atoms with van der Waals surface area (Å²) >= 11 is 1.63. The molecular weight excluding hydrogens is 260 g/mol. The van der Waals surface area contributed by atoms with E-state index in [1.165, 1.54) is 0 Å². The normalized spacial score (nSPS) is 22.2. The van der Waals surface area contributed by atoms with Crippen molar-refractivity contribution in [2.45, 2.75) is 33.6 Å². The Hall–Kier alpha value is -1.68. The van der Waals surface area contributed by atoms with Gasteiger partial charge in [-0.15, -0.1) is 11.3 Å². The highest BCUT2D eigenvalue weighted by atomic mass is 32.1. The number of aryl methyl sites for hydroxylation is 2. The maximum atomic E-state index is 12.0. The summed E-state index contributed by atoms with van der Waals surface area (Å²) in [6.45, 7) is 7.66. The lowest BCUT2D eigenvalue weighted by molar-refractivity contribution is -0.151. The maximum Gasteiger partial charge on any atom is 0.343 e. The summed E-state index contributed by atoms with van der Waals surface area (Å²) in [5.41, 5.74) is 2.13. The molecule has 0 bridgehead atoms. The van der Waals surface area contributed by atoms with Gasteiger partial charge in [0.15, 0.2) is 0 Å². The molecule has 100 valence electrons. The van der Waals surface area contributed by atoms with Gasteiger partial charge in [0.2, 0.25) is 0 Å². The number of hydrogen-bond donors (Lipinski definition) is 0. The van der Waals surface area contributed by atoms with Gasteiger partial charge in [-0.1, -0.05) is 12.2 Å². The fourth-order valence-corrected chi connectivity index (χ4v) is 3.35. The molecule has 1 saturated heterocycles. The van der Waals surface area contributed by atoms with Gasteiger partial charge in [-0.05, 0) is 44.9 Å². The number of hydrogen-bond acceptors (Lipinski definition) is 4. The summed E-state index contributed by atoms with van der Waals surface area (Å²) in [7, 11) is 0. The molecule has 1 aromatic heterocycles. The van der Waals surface area contributed by atoms with Crippen LogP contribution in [0.3, 0.4) is 0 Å². The number of allylic oxidation sites excluding steroid dienone is 3. The monoisotopic (exact) mass is 276 g/mol. The molecule has 0 N–H and O–H groups in total. The molecule has 0 amide bonds. The first-order chi connectivity index (χ1) is 8.95. The van der Waals surface area contributed by atoms with Crippen molar-refractivity contribution in [1.82, 2.24) is 0 Å². The van der Waals surface area contributed by atoms with Crippen LogP contribution in [0.15, 0.2) is 29.4 Å². The van der Waals surface area contributed by atoms with Gasteiger partial charge in [-0.2, -0.15) is 0 Å². The summed E-state index contributed by atoms with van der Waals surface area (Å²) in [6.07, 6.45) is 3.68. The first kappa shape index (κ1) is 13.7. The third kappa shape index (κ3) is 2.40. The fraction of sp³-hybridized carbons (Fsp3) is 0.333. The van der Waals surface area contributed by atoms with Crippen molar-refractivity contribution in [1.29, 1.82) is 0 Å². The lowest BCUT2D eigenvalue weighted by Crippen LogP contribution is -2.08. The molecule has 0 radical (unpaired) electrons. The molecule has 2 heterocycles. The van der Waals surface area contributed by atoms with E-state index >= 15 is 0 Å². The second-order valence-corrected chi connectivity index (χ2v) is 6.07. The first-order valence-corrected chi connectivity index (χ1v) is 6.93. The Morgan fingerprint density at radius 1 is 1.37 bits per heavy atom. The molecule has 1 aromatic rings.